The summed E-state index contributed by atoms with van der Waals surface area (Å²) in [6.07, 6.45) is -4.95. The fourth-order valence-corrected chi connectivity index (χ4v) is 2.90. The molecule has 10 heteroatoms. The Morgan fingerprint density at radius 1 is 1.16 bits per heavy atom. The Bertz CT molecular complexity index is 1040. The molecule has 130 valence electrons. The molecule has 0 bridgehead atoms. The summed E-state index contributed by atoms with van der Waals surface area (Å²) in [5, 5.41) is -1.14. The largest absolute Gasteiger partial charge is 0.431 e. The summed E-state index contributed by atoms with van der Waals surface area (Å²) in [4.78, 5) is 19.9. The van der Waals surface area contributed by atoms with Crippen molar-refractivity contribution in [2.75, 3.05) is 0 Å². The first-order valence-corrected chi connectivity index (χ1v) is 7.48. The molecule has 2 aromatic heterocycles. The van der Waals surface area contributed by atoms with Crippen LogP contribution in [0.15, 0.2) is 29.1 Å². The third-order valence-electron chi connectivity index (χ3n) is 3.50. The van der Waals surface area contributed by atoms with E-state index in [1.807, 2.05) is 0 Å². The average molecular weight is 392 g/mol. The van der Waals surface area contributed by atoms with Crippen molar-refractivity contribution in [3.05, 3.63) is 62.1 Å². The third-order valence-corrected chi connectivity index (χ3v) is 3.96. The van der Waals surface area contributed by atoms with Gasteiger partial charge in [0.25, 0.3) is 5.56 Å². The Balaban J connectivity index is 2.58. The van der Waals surface area contributed by atoms with E-state index in [0.29, 0.717) is 6.07 Å². The fraction of sp³-hybridized carbons (Fsp3) is 0.133. The molecular weight excluding hydrogens is 385 g/mol. The first-order valence-electron chi connectivity index (χ1n) is 6.72. The Morgan fingerprint density at radius 3 is 2.44 bits per heavy atom. The maximum absolute atomic E-state index is 14.2. The molecule has 4 nitrogen and oxygen atoms in total. The van der Waals surface area contributed by atoms with Gasteiger partial charge in [0.15, 0.2) is 0 Å². The van der Waals surface area contributed by atoms with Crippen molar-refractivity contribution in [1.29, 1.82) is 0 Å². The van der Waals surface area contributed by atoms with E-state index in [0.717, 1.165) is 6.07 Å². The van der Waals surface area contributed by atoms with Crippen molar-refractivity contribution >= 4 is 34.1 Å². The predicted molar refractivity (Wildman–Crippen MR) is 84.9 cm³/mol. The first-order chi connectivity index (χ1) is 11.6. The highest BCUT2D eigenvalue weighted by molar-refractivity contribution is 6.35. The SMILES string of the molecule is Cc1cccc(F)c1-n1c(C(F)(F)F)cc2c(Cl)nc(Cl)nc2c1=O. The molecule has 25 heavy (non-hydrogen) atoms. The fourth-order valence-electron chi connectivity index (χ4n) is 2.46. The highest BCUT2D eigenvalue weighted by atomic mass is 35.5. The number of alkyl halides is 3. The monoisotopic (exact) mass is 391 g/mol. The molecule has 0 radical (unpaired) electrons. The van der Waals surface area contributed by atoms with E-state index >= 15 is 0 Å². The van der Waals surface area contributed by atoms with Gasteiger partial charge in [0.2, 0.25) is 5.28 Å². The van der Waals surface area contributed by atoms with Gasteiger partial charge in [-0.3, -0.25) is 9.36 Å². The van der Waals surface area contributed by atoms with Crippen molar-refractivity contribution < 1.29 is 17.6 Å². The van der Waals surface area contributed by atoms with Crippen LogP contribution in [0.1, 0.15) is 11.3 Å². The maximum atomic E-state index is 14.2. The first kappa shape index (κ1) is 17.6. The van der Waals surface area contributed by atoms with Crippen LogP contribution in [0.25, 0.3) is 16.6 Å². The zero-order chi connectivity index (χ0) is 18.5. The second-order valence-electron chi connectivity index (χ2n) is 5.12. The van der Waals surface area contributed by atoms with E-state index in [1.54, 1.807) is 0 Å². The standard InChI is InChI=1S/C15H7Cl2F4N3O/c1-6-3-2-4-8(18)11(6)24-9(15(19,20)21)5-7-10(13(24)25)22-14(17)23-12(7)16/h2-5H,1H3. The lowest BCUT2D eigenvalue weighted by molar-refractivity contribution is -0.142. The summed E-state index contributed by atoms with van der Waals surface area (Å²) in [5.41, 5.74) is -3.43. The zero-order valence-corrected chi connectivity index (χ0v) is 13.8. The van der Waals surface area contributed by atoms with Gasteiger partial charge in [0.05, 0.1) is 5.69 Å². The van der Waals surface area contributed by atoms with Gasteiger partial charge in [0, 0.05) is 5.39 Å². The summed E-state index contributed by atoms with van der Waals surface area (Å²) in [7, 11) is 0. The van der Waals surface area contributed by atoms with Crippen LogP contribution in [0, 0.1) is 12.7 Å². The molecule has 0 aliphatic carbocycles. The van der Waals surface area contributed by atoms with E-state index in [-0.39, 0.29) is 15.5 Å². The van der Waals surface area contributed by atoms with Crippen LogP contribution in [0.3, 0.4) is 0 Å². The van der Waals surface area contributed by atoms with Gasteiger partial charge in [0.1, 0.15) is 22.2 Å². The van der Waals surface area contributed by atoms with Gasteiger partial charge in [-0.25, -0.2) is 14.4 Å². The van der Waals surface area contributed by atoms with Crippen molar-refractivity contribution in [2.24, 2.45) is 0 Å². The van der Waals surface area contributed by atoms with E-state index in [4.69, 9.17) is 23.2 Å². The minimum Gasteiger partial charge on any atom is -0.267 e. The molecule has 0 fully saturated rings. The van der Waals surface area contributed by atoms with Gasteiger partial charge >= 0.3 is 6.18 Å². The smallest absolute Gasteiger partial charge is 0.267 e. The molecule has 0 saturated carbocycles. The minimum atomic E-state index is -4.95. The summed E-state index contributed by atoms with van der Waals surface area (Å²) in [5.74, 6) is -0.988. The molecular formula is C15H7Cl2F4N3O. The Labute approximate surface area is 147 Å². The van der Waals surface area contributed by atoms with Crippen molar-refractivity contribution in [1.82, 2.24) is 14.5 Å². The number of aryl methyl sites for hydroxylation is 1. The average Bonchev–Trinajstić information content (AvgIpc) is 2.48. The van der Waals surface area contributed by atoms with Gasteiger partial charge in [-0.1, -0.05) is 23.7 Å². The lowest BCUT2D eigenvalue weighted by Crippen LogP contribution is -2.29. The number of aromatic nitrogens is 3. The quantitative estimate of drug-likeness (QED) is 0.347. The highest BCUT2D eigenvalue weighted by Crippen LogP contribution is 2.34. The molecule has 0 aliphatic rings. The second kappa shape index (κ2) is 5.96. The molecule has 0 saturated heterocycles. The van der Waals surface area contributed by atoms with E-state index < -0.39 is 44.9 Å². The number of hydrogen-bond acceptors (Lipinski definition) is 3. The summed E-state index contributed by atoms with van der Waals surface area (Å²) < 4.78 is 55.0. The molecule has 1 aromatic carbocycles. The van der Waals surface area contributed by atoms with E-state index in [2.05, 4.69) is 9.97 Å². The summed E-state index contributed by atoms with van der Waals surface area (Å²) in [6.45, 7) is 1.38. The number of halogens is 6. The Kier molecular flexibility index (Phi) is 4.20. The molecule has 3 rings (SSSR count). The molecule has 0 amide bonds. The van der Waals surface area contributed by atoms with Crippen molar-refractivity contribution in [3.63, 3.8) is 0 Å². The van der Waals surface area contributed by atoms with Gasteiger partial charge in [-0.05, 0) is 36.2 Å². The lowest BCUT2D eigenvalue weighted by Gasteiger charge is -2.18. The zero-order valence-electron chi connectivity index (χ0n) is 12.3. The predicted octanol–water partition coefficient (Wildman–Crippen LogP) is 4.55. The third kappa shape index (κ3) is 2.96. The number of hydrogen-bond donors (Lipinski definition) is 0. The van der Waals surface area contributed by atoms with Crippen LogP contribution in [0.2, 0.25) is 10.4 Å². The van der Waals surface area contributed by atoms with Crippen LogP contribution in [0.5, 0.6) is 0 Å². The number of pyridine rings is 1. The molecule has 0 atom stereocenters. The van der Waals surface area contributed by atoms with Crippen molar-refractivity contribution in [2.45, 2.75) is 13.1 Å². The summed E-state index contributed by atoms with van der Waals surface area (Å²) >= 11 is 11.4. The van der Waals surface area contributed by atoms with Crippen LogP contribution in [-0.2, 0) is 6.18 Å². The number of para-hydroxylation sites is 1. The normalized spacial score (nSPS) is 12.0. The Morgan fingerprint density at radius 2 is 1.84 bits per heavy atom. The maximum Gasteiger partial charge on any atom is 0.431 e. The minimum absolute atomic E-state index is 0.137. The topological polar surface area (TPSA) is 47.8 Å². The Hall–Kier alpha value is -2.19. The number of nitrogens with zero attached hydrogens (tertiary/aromatic N) is 3. The molecule has 0 aliphatic heterocycles. The second-order valence-corrected chi connectivity index (χ2v) is 5.82. The van der Waals surface area contributed by atoms with Gasteiger partial charge in [-0.2, -0.15) is 13.2 Å². The number of rotatable bonds is 1. The van der Waals surface area contributed by atoms with Gasteiger partial charge < -0.3 is 0 Å². The lowest BCUT2D eigenvalue weighted by atomic mass is 10.1. The van der Waals surface area contributed by atoms with Crippen molar-refractivity contribution in [3.8, 4) is 5.69 Å². The molecule has 0 spiro atoms. The molecule has 0 N–H and O–H groups in total. The van der Waals surface area contributed by atoms with Gasteiger partial charge in [-0.15, -0.1) is 0 Å². The number of benzene rings is 1. The molecule has 3 aromatic rings. The highest BCUT2D eigenvalue weighted by Gasteiger charge is 2.37. The van der Waals surface area contributed by atoms with Crippen LogP contribution < -0.4 is 5.56 Å². The van der Waals surface area contributed by atoms with E-state index in [1.165, 1.54) is 19.1 Å². The molecule has 0 unspecified atom stereocenters. The number of fused-ring (bicyclic) bond motifs is 1. The molecule has 2 heterocycles. The van der Waals surface area contributed by atoms with Crippen LogP contribution in [-0.4, -0.2) is 14.5 Å². The van der Waals surface area contributed by atoms with E-state index in [9.17, 15) is 22.4 Å². The van der Waals surface area contributed by atoms with Crippen LogP contribution >= 0.6 is 23.2 Å². The summed E-state index contributed by atoms with van der Waals surface area (Å²) in [6, 6.07) is 4.26. The van der Waals surface area contributed by atoms with Crippen LogP contribution in [0.4, 0.5) is 17.6 Å².